The maximum absolute atomic E-state index is 12.2. The molecule has 2 N–H and O–H groups in total. The van der Waals surface area contributed by atoms with Crippen LogP contribution in [0.5, 0.6) is 0 Å². The number of amides is 2. The number of carbonyl (C=O) groups is 2. The van der Waals surface area contributed by atoms with E-state index in [1.165, 1.54) is 18.7 Å². The second-order valence-corrected chi connectivity index (χ2v) is 6.98. The normalized spacial score (nSPS) is 14.9. The van der Waals surface area contributed by atoms with Crippen LogP contribution in [-0.2, 0) is 9.59 Å². The van der Waals surface area contributed by atoms with Gasteiger partial charge in [0.05, 0.1) is 5.25 Å². The Morgan fingerprint density at radius 1 is 1.17 bits per heavy atom. The third kappa shape index (κ3) is 4.35. The summed E-state index contributed by atoms with van der Waals surface area (Å²) in [5, 5.41) is 13.5. The first-order valence-electron chi connectivity index (χ1n) is 7.70. The van der Waals surface area contributed by atoms with Gasteiger partial charge in [0.2, 0.25) is 17.7 Å². The number of nitrogens with one attached hydrogen (secondary N) is 2. The Labute approximate surface area is 143 Å². The summed E-state index contributed by atoms with van der Waals surface area (Å²) in [6.45, 7) is 3.23. The van der Waals surface area contributed by atoms with E-state index >= 15 is 0 Å². The quantitative estimate of drug-likeness (QED) is 0.780. The first-order valence-corrected chi connectivity index (χ1v) is 8.58. The molecular formula is C16H18N4O3S. The molecule has 0 unspecified atom stereocenters. The number of aromatic nitrogens is 2. The van der Waals surface area contributed by atoms with E-state index in [2.05, 4.69) is 20.8 Å². The molecule has 1 heterocycles. The Kier molecular flexibility index (Phi) is 4.84. The molecule has 126 valence electrons. The number of benzene rings is 1. The van der Waals surface area contributed by atoms with Gasteiger partial charge in [-0.25, -0.2) is 0 Å². The Bertz CT molecular complexity index is 740. The van der Waals surface area contributed by atoms with Gasteiger partial charge in [-0.3, -0.25) is 9.59 Å². The van der Waals surface area contributed by atoms with E-state index in [4.69, 9.17) is 4.42 Å². The van der Waals surface area contributed by atoms with Crippen LogP contribution < -0.4 is 10.6 Å². The molecule has 7 nitrogen and oxygen atoms in total. The molecule has 0 saturated heterocycles. The third-order valence-corrected chi connectivity index (χ3v) is 4.40. The minimum absolute atomic E-state index is 0.137. The fourth-order valence-corrected chi connectivity index (χ4v) is 2.74. The predicted molar refractivity (Wildman–Crippen MR) is 91.0 cm³/mol. The fraction of sp³-hybridized carbons (Fsp3) is 0.375. The molecule has 1 aliphatic carbocycles. The maximum Gasteiger partial charge on any atom is 0.277 e. The molecule has 1 atom stereocenters. The molecule has 1 aromatic heterocycles. The van der Waals surface area contributed by atoms with Crippen LogP contribution >= 0.6 is 11.8 Å². The van der Waals surface area contributed by atoms with Crippen molar-refractivity contribution in [2.75, 3.05) is 10.6 Å². The summed E-state index contributed by atoms with van der Waals surface area (Å²) < 4.78 is 5.55. The first-order chi connectivity index (χ1) is 11.5. The van der Waals surface area contributed by atoms with Gasteiger partial charge in [0, 0.05) is 24.2 Å². The van der Waals surface area contributed by atoms with Crippen LogP contribution in [0.4, 0.5) is 11.4 Å². The molecule has 2 amide bonds. The lowest BCUT2D eigenvalue weighted by atomic mass is 10.2. The van der Waals surface area contributed by atoms with Gasteiger partial charge < -0.3 is 15.1 Å². The molecule has 2 aromatic rings. The smallest absolute Gasteiger partial charge is 0.277 e. The van der Waals surface area contributed by atoms with E-state index in [-0.39, 0.29) is 17.1 Å². The van der Waals surface area contributed by atoms with Crippen molar-refractivity contribution in [2.24, 2.45) is 0 Å². The Balaban J connectivity index is 1.53. The van der Waals surface area contributed by atoms with Crippen molar-refractivity contribution in [1.29, 1.82) is 0 Å². The summed E-state index contributed by atoms with van der Waals surface area (Å²) in [5.74, 6) is 0.775. The summed E-state index contributed by atoms with van der Waals surface area (Å²) in [6.07, 6.45) is 2.19. The lowest BCUT2D eigenvalue weighted by molar-refractivity contribution is -0.115. The second kappa shape index (κ2) is 7.04. The standard InChI is InChI=1S/C16H18N4O3S/c1-9(24-16-20-19-15(23-16)11-3-4-11)14(22)18-13-7-5-12(6-8-13)17-10(2)21/h5-9,11H,3-4H2,1-2H3,(H,17,21)(H,18,22)/t9-/m0/s1. The highest BCUT2D eigenvalue weighted by molar-refractivity contribution is 8.00. The van der Waals surface area contributed by atoms with Crippen LogP contribution in [-0.4, -0.2) is 27.3 Å². The first kappa shape index (κ1) is 16.5. The van der Waals surface area contributed by atoms with Crippen LogP contribution in [0.1, 0.15) is 38.5 Å². The van der Waals surface area contributed by atoms with E-state index in [1.807, 2.05) is 0 Å². The molecule has 24 heavy (non-hydrogen) atoms. The van der Waals surface area contributed by atoms with Crippen molar-refractivity contribution in [2.45, 2.75) is 43.1 Å². The molecule has 0 radical (unpaired) electrons. The van der Waals surface area contributed by atoms with Crippen LogP contribution in [0.25, 0.3) is 0 Å². The van der Waals surface area contributed by atoms with Gasteiger partial charge in [-0.05, 0) is 44.0 Å². The molecule has 0 aliphatic heterocycles. The third-order valence-electron chi connectivity index (χ3n) is 3.47. The van der Waals surface area contributed by atoms with Gasteiger partial charge in [0.15, 0.2) is 0 Å². The number of nitrogens with zero attached hydrogens (tertiary/aromatic N) is 2. The van der Waals surface area contributed by atoms with Crippen molar-refractivity contribution in [3.05, 3.63) is 30.2 Å². The van der Waals surface area contributed by atoms with Crippen molar-refractivity contribution >= 4 is 35.0 Å². The van der Waals surface area contributed by atoms with E-state index in [0.29, 0.717) is 28.4 Å². The van der Waals surface area contributed by atoms with Crippen LogP contribution in [0.2, 0.25) is 0 Å². The van der Waals surface area contributed by atoms with E-state index in [1.54, 1.807) is 31.2 Å². The zero-order chi connectivity index (χ0) is 17.1. The van der Waals surface area contributed by atoms with Gasteiger partial charge in [0.25, 0.3) is 5.22 Å². The molecule has 1 fully saturated rings. The Morgan fingerprint density at radius 2 is 1.79 bits per heavy atom. The van der Waals surface area contributed by atoms with Gasteiger partial charge in [-0.2, -0.15) is 0 Å². The van der Waals surface area contributed by atoms with Gasteiger partial charge in [-0.15, -0.1) is 10.2 Å². The Hall–Kier alpha value is -2.35. The van der Waals surface area contributed by atoms with Gasteiger partial charge in [0.1, 0.15) is 0 Å². The molecule has 0 spiro atoms. The molecule has 0 bridgehead atoms. The number of anilines is 2. The molecule has 1 aliphatic rings. The second-order valence-electron chi connectivity index (χ2n) is 5.69. The molecule has 1 aromatic carbocycles. The van der Waals surface area contributed by atoms with Crippen LogP contribution in [0.15, 0.2) is 33.9 Å². The lowest BCUT2D eigenvalue weighted by Gasteiger charge is -2.10. The average molecular weight is 346 g/mol. The highest BCUT2D eigenvalue weighted by atomic mass is 32.2. The number of hydrogen-bond acceptors (Lipinski definition) is 6. The summed E-state index contributed by atoms with van der Waals surface area (Å²) in [4.78, 5) is 23.2. The van der Waals surface area contributed by atoms with Crippen molar-refractivity contribution < 1.29 is 14.0 Å². The SMILES string of the molecule is CC(=O)Nc1ccc(NC(=O)[C@H](C)Sc2nnc(C3CC3)o2)cc1. The largest absolute Gasteiger partial charge is 0.416 e. The monoisotopic (exact) mass is 346 g/mol. The number of hydrogen-bond donors (Lipinski definition) is 2. The van der Waals surface area contributed by atoms with Crippen LogP contribution in [0.3, 0.4) is 0 Å². The number of thioether (sulfide) groups is 1. The highest BCUT2D eigenvalue weighted by Gasteiger charge is 2.30. The summed E-state index contributed by atoms with van der Waals surface area (Å²) in [6, 6.07) is 6.93. The lowest BCUT2D eigenvalue weighted by Crippen LogP contribution is -2.22. The van der Waals surface area contributed by atoms with E-state index in [9.17, 15) is 9.59 Å². The summed E-state index contributed by atoms with van der Waals surface area (Å²) in [7, 11) is 0. The zero-order valence-electron chi connectivity index (χ0n) is 13.4. The molecule has 8 heteroatoms. The predicted octanol–water partition coefficient (Wildman–Crippen LogP) is 3.02. The van der Waals surface area contributed by atoms with Gasteiger partial charge >= 0.3 is 0 Å². The summed E-state index contributed by atoms with van der Waals surface area (Å²) >= 11 is 1.24. The van der Waals surface area contributed by atoms with E-state index < -0.39 is 0 Å². The molecule has 1 saturated carbocycles. The molecular weight excluding hydrogens is 328 g/mol. The Morgan fingerprint density at radius 3 is 2.38 bits per heavy atom. The van der Waals surface area contributed by atoms with Crippen LogP contribution in [0, 0.1) is 0 Å². The topological polar surface area (TPSA) is 97.1 Å². The van der Waals surface area contributed by atoms with Crippen molar-refractivity contribution in [3.63, 3.8) is 0 Å². The number of rotatable bonds is 6. The maximum atomic E-state index is 12.2. The average Bonchev–Trinajstić information content (AvgIpc) is 3.29. The molecule has 3 rings (SSSR count). The zero-order valence-corrected chi connectivity index (χ0v) is 14.2. The van der Waals surface area contributed by atoms with Crippen molar-refractivity contribution in [3.8, 4) is 0 Å². The number of carbonyl (C=O) groups excluding carboxylic acids is 2. The van der Waals surface area contributed by atoms with E-state index in [0.717, 1.165) is 12.8 Å². The summed E-state index contributed by atoms with van der Waals surface area (Å²) in [5.41, 5.74) is 1.34. The van der Waals surface area contributed by atoms with Gasteiger partial charge in [-0.1, -0.05) is 11.8 Å². The minimum Gasteiger partial charge on any atom is -0.416 e. The fourth-order valence-electron chi connectivity index (χ4n) is 2.05. The van der Waals surface area contributed by atoms with Crippen molar-refractivity contribution in [1.82, 2.24) is 10.2 Å². The highest BCUT2D eigenvalue weighted by Crippen LogP contribution is 2.40. The minimum atomic E-state index is -0.368.